The normalized spacial score (nSPS) is 11.1. The smallest absolute Gasteiger partial charge is 0.188 e. The highest BCUT2D eigenvalue weighted by Crippen LogP contribution is 2.39. The van der Waals surface area contributed by atoms with Crippen LogP contribution < -0.4 is 0 Å². The summed E-state index contributed by atoms with van der Waals surface area (Å²) < 4.78 is 4.38. The topological polar surface area (TPSA) is 61.8 Å². The molecule has 0 aliphatic rings. The van der Waals surface area contributed by atoms with E-state index in [1.807, 2.05) is 84.9 Å². The zero-order valence-electron chi connectivity index (χ0n) is 23.4. The zero-order valence-corrected chi connectivity index (χ0v) is 23.4. The van der Waals surface area contributed by atoms with Gasteiger partial charge in [-0.15, -0.1) is 0 Å². The summed E-state index contributed by atoms with van der Waals surface area (Å²) in [5.41, 5.74) is 9.41. The summed E-state index contributed by atoms with van der Waals surface area (Å²) in [5.74, 6) is 0. The first kappa shape index (κ1) is 25.1. The summed E-state index contributed by atoms with van der Waals surface area (Å²) in [6.45, 7) is 7.54. The molecule has 8 rings (SSSR count). The zero-order chi connectivity index (χ0) is 29.8. The van der Waals surface area contributed by atoms with E-state index in [9.17, 15) is 10.5 Å². The maximum atomic E-state index is 10.5. The molecule has 5 heteroatoms. The van der Waals surface area contributed by atoms with Crippen LogP contribution in [0.25, 0.3) is 71.0 Å². The van der Waals surface area contributed by atoms with Crippen LogP contribution in [0.15, 0.2) is 127 Å². The highest BCUT2D eigenvalue weighted by atomic mass is 15.0. The van der Waals surface area contributed by atoms with Gasteiger partial charge in [0.2, 0.25) is 0 Å². The number of hydrogen-bond acceptors (Lipinski definition) is 2. The molecule has 44 heavy (non-hydrogen) atoms. The van der Waals surface area contributed by atoms with Crippen molar-refractivity contribution in [1.29, 1.82) is 10.5 Å². The fourth-order valence-corrected chi connectivity index (χ4v) is 6.51. The van der Waals surface area contributed by atoms with Crippen LogP contribution in [0.4, 0.5) is 5.69 Å². The number of hydrogen-bond donors (Lipinski definition) is 0. The van der Waals surface area contributed by atoms with Gasteiger partial charge in [-0.2, -0.15) is 10.5 Å². The Kier molecular flexibility index (Phi) is 5.56. The van der Waals surface area contributed by atoms with Crippen molar-refractivity contribution in [3.63, 3.8) is 0 Å². The van der Waals surface area contributed by atoms with E-state index in [2.05, 4.69) is 68.6 Å². The van der Waals surface area contributed by atoms with Crippen LogP contribution in [0.2, 0.25) is 0 Å². The lowest BCUT2D eigenvalue weighted by Crippen LogP contribution is -2.00. The number of benzene rings is 6. The molecular formula is C39H21N5. The number of nitrogens with zero attached hydrogens (tertiary/aromatic N) is 5. The predicted octanol–water partition coefficient (Wildman–Crippen LogP) is 9.84. The number of nitriles is 2. The maximum Gasteiger partial charge on any atom is 0.188 e. The average molecular weight is 560 g/mol. The second-order valence-corrected chi connectivity index (χ2v) is 10.7. The van der Waals surface area contributed by atoms with Gasteiger partial charge in [-0.25, -0.2) is 4.85 Å². The molecule has 2 heterocycles. The fourth-order valence-electron chi connectivity index (χ4n) is 6.51. The second-order valence-electron chi connectivity index (χ2n) is 10.7. The van der Waals surface area contributed by atoms with Crippen LogP contribution in [0, 0.1) is 29.2 Å². The van der Waals surface area contributed by atoms with Crippen molar-refractivity contribution >= 4 is 49.3 Å². The monoisotopic (exact) mass is 559 g/mol. The highest BCUT2D eigenvalue weighted by molar-refractivity contribution is 6.11. The van der Waals surface area contributed by atoms with E-state index in [-0.39, 0.29) is 0 Å². The summed E-state index contributed by atoms with van der Waals surface area (Å²) in [6, 6.07) is 46.8. The van der Waals surface area contributed by atoms with Gasteiger partial charge in [0.25, 0.3) is 0 Å². The van der Waals surface area contributed by atoms with Gasteiger partial charge in [-0.05, 0) is 66.0 Å². The largest absolute Gasteiger partial charge is 0.309 e. The van der Waals surface area contributed by atoms with Gasteiger partial charge in [0, 0.05) is 33.0 Å². The maximum absolute atomic E-state index is 10.5. The number of fused-ring (bicyclic) bond motifs is 6. The molecular weight excluding hydrogens is 538 g/mol. The molecule has 5 nitrogen and oxygen atoms in total. The van der Waals surface area contributed by atoms with Gasteiger partial charge < -0.3 is 9.13 Å². The molecule has 0 N–H and O–H groups in total. The van der Waals surface area contributed by atoms with Crippen molar-refractivity contribution in [3.05, 3.63) is 150 Å². The Morgan fingerprint density at radius 3 is 1.91 bits per heavy atom. The van der Waals surface area contributed by atoms with Crippen LogP contribution in [-0.4, -0.2) is 9.13 Å². The molecule has 6 aromatic carbocycles. The van der Waals surface area contributed by atoms with Crippen LogP contribution in [-0.2, 0) is 0 Å². The summed E-state index contributed by atoms with van der Waals surface area (Å²) in [6.07, 6.45) is 0. The Morgan fingerprint density at radius 2 is 1.16 bits per heavy atom. The number of rotatable bonds is 3. The number of aromatic nitrogens is 2. The molecule has 0 aliphatic heterocycles. The Bertz CT molecular complexity index is 2600. The fraction of sp³-hybridized carbons (Fsp3) is 0. The molecule has 0 fully saturated rings. The number of para-hydroxylation sites is 3. The van der Waals surface area contributed by atoms with Crippen LogP contribution in [0.3, 0.4) is 0 Å². The van der Waals surface area contributed by atoms with E-state index in [0.29, 0.717) is 16.8 Å². The summed E-state index contributed by atoms with van der Waals surface area (Å²) in [4.78, 5) is 3.66. The molecule has 2 aromatic heterocycles. The Morgan fingerprint density at radius 1 is 0.523 bits per heavy atom. The minimum Gasteiger partial charge on any atom is -0.309 e. The molecule has 0 saturated carbocycles. The second kappa shape index (κ2) is 9.74. The van der Waals surface area contributed by atoms with Gasteiger partial charge in [0.15, 0.2) is 5.69 Å². The lowest BCUT2D eigenvalue weighted by atomic mass is 9.97. The Hall–Kier alpha value is -6.61. The van der Waals surface area contributed by atoms with Crippen LogP contribution >= 0.6 is 0 Å². The average Bonchev–Trinajstić information content (AvgIpc) is 3.60. The third kappa shape index (κ3) is 3.63. The summed E-state index contributed by atoms with van der Waals surface area (Å²) in [5, 5.41) is 24.2. The van der Waals surface area contributed by atoms with E-state index < -0.39 is 0 Å². The predicted molar refractivity (Wildman–Crippen MR) is 176 cm³/mol. The molecule has 202 valence electrons. The van der Waals surface area contributed by atoms with Gasteiger partial charge in [0.1, 0.15) is 0 Å². The van der Waals surface area contributed by atoms with Gasteiger partial charge in [-0.3, -0.25) is 0 Å². The minimum absolute atomic E-state index is 0.561. The van der Waals surface area contributed by atoms with Crippen LogP contribution in [0.5, 0.6) is 0 Å². The molecule has 0 aliphatic carbocycles. The van der Waals surface area contributed by atoms with Gasteiger partial charge in [-0.1, -0.05) is 66.7 Å². The lowest BCUT2D eigenvalue weighted by molar-refractivity contribution is 1.17. The van der Waals surface area contributed by atoms with E-state index in [1.165, 1.54) is 0 Å². The first-order valence-corrected chi connectivity index (χ1v) is 14.2. The Balaban J connectivity index is 1.36. The van der Waals surface area contributed by atoms with E-state index in [1.54, 1.807) is 0 Å². The van der Waals surface area contributed by atoms with Crippen molar-refractivity contribution in [2.24, 2.45) is 0 Å². The molecule has 0 unspecified atom stereocenters. The molecule has 0 radical (unpaired) electrons. The molecule has 0 spiro atoms. The minimum atomic E-state index is 0.561. The quantitative estimate of drug-likeness (QED) is 0.202. The standard InChI is InChI=1S/C39H21N5/c1-42-27-15-19-39-34(22-27)32-10-4-7-13-37(32)44(39)36-12-6-2-8-30(36)29-17-16-28(21-26(29)24-41)43-35-11-5-3-9-31(35)33-20-25(23-40)14-18-38(33)43/h2-22H. The van der Waals surface area contributed by atoms with Crippen LogP contribution in [0.1, 0.15) is 11.1 Å². The Labute approximate surface area is 253 Å². The van der Waals surface area contributed by atoms with Gasteiger partial charge >= 0.3 is 0 Å². The third-order valence-electron chi connectivity index (χ3n) is 8.40. The molecule has 0 atom stereocenters. The van der Waals surface area contributed by atoms with E-state index in [0.717, 1.165) is 66.1 Å². The van der Waals surface area contributed by atoms with Crippen molar-refractivity contribution < 1.29 is 0 Å². The van der Waals surface area contributed by atoms with Crippen molar-refractivity contribution in [2.45, 2.75) is 0 Å². The van der Waals surface area contributed by atoms with Crippen molar-refractivity contribution in [3.8, 4) is 34.6 Å². The summed E-state index contributed by atoms with van der Waals surface area (Å²) >= 11 is 0. The van der Waals surface area contributed by atoms with E-state index >= 15 is 0 Å². The first-order chi connectivity index (χ1) is 21.7. The lowest BCUT2D eigenvalue weighted by Gasteiger charge is -2.16. The first-order valence-electron chi connectivity index (χ1n) is 14.2. The van der Waals surface area contributed by atoms with E-state index in [4.69, 9.17) is 6.57 Å². The SMILES string of the molecule is [C-]#[N+]c1ccc2c(c1)c1ccccc1n2-c1ccccc1-c1ccc(-n2c3ccccc3c3cc(C#N)ccc32)cc1C#N. The molecule has 0 amide bonds. The summed E-state index contributed by atoms with van der Waals surface area (Å²) in [7, 11) is 0. The third-order valence-corrected chi connectivity index (χ3v) is 8.40. The highest BCUT2D eigenvalue weighted by Gasteiger charge is 2.19. The molecule has 0 saturated heterocycles. The molecule has 8 aromatic rings. The van der Waals surface area contributed by atoms with Crippen molar-refractivity contribution in [1.82, 2.24) is 9.13 Å². The van der Waals surface area contributed by atoms with Crippen molar-refractivity contribution in [2.75, 3.05) is 0 Å². The molecule has 0 bridgehead atoms. The van der Waals surface area contributed by atoms with Gasteiger partial charge in [0.05, 0.1) is 57.6 Å².